The van der Waals surface area contributed by atoms with E-state index in [1.807, 2.05) is 121 Å². The van der Waals surface area contributed by atoms with Gasteiger partial charge >= 0.3 is 24.1 Å². The summed E-state index contributed by atoms with van der Waals surface area (Å²) >= 11 is 0. The quantitative estimate of drug-likeness (QED) is 0.0379. The third-order valence-corrected chi connectivity index (χ3v) is 11.6. The number of hydrogen-bond donors (Lipinski definition) is 2. The molecule has 8 rings (SSSR count). The average Bonchev–Trinajstić information content (AvgIpc) is 3.83. The number of ether oxygens (including phenoxy) is 4. The summed E-state index contributed by atoms with van der Waals surface area (Å²) in [5.74, 6) is -1.38. The normalized spacial score (nSPS) is 13.4. The zero-order valence-electron chi connectivity index (χ0n) is 35.4. The maximum absolute atomic E-state index is 13.3. The van der Waals surface area contributed by atoms with E-state index in [1.54, 1.807) is 0 Å². The molecule has 10 heteroatoms. The molecule has 6 aromatic rings. The van der Waals surface area contributed by atoms with Gasteiger partial charge in [-0.25, -0.2) is 19.2 Å². The summed E-state index contributed by atoms with van der Waals surface area (Å²) in [5, 5.41) is 5.49. The molecule has 2 aliphatic carbocycles. The predicted molar refractivity (Wildman–Crippen MR) is 245 cm³/mol. The van der Waals surface area contributed by atoms with Crippen molar-refractivity contribution in [2.75, 3.05) is 26.4 Å². The van der Waals surface area contributed by atoms with E-state index in [0.717, 1.165) is 55.6 Å². The van der Waals surface area contributed by atoms with Gasteiger partial charge in [-0.15, -0.1) is 0 Å². The van der Waals surface area contributed by atoms with Gasteiger partial charge in [-0.3, -0.25) is 0 Å². The van der Waals surface area contributed by atoms with Crippen LogP contribution in [0.1, 0.15) is 58.1 Å². The molecule has 0 spiro atoms. The van der Waals surface area contributed by atoms with Gasteiger partial charge in [0.15, 0.2) is 0 Å². The van der Waals surface area contributed by atoms with Gasteiger partial charge in [-0.2, -0.15) is 0 Å². The van der Waals surface area contributed by atoms with Gasteiger partial charge in [-0.05, 0) is 68.5 Å². The first-order valence-electron chi connectivity index (χ1n) is 21.7. The molecule has 2 atom stereocenters. The second-order valence-electron chi connectivity index (χ2n) is 15.8. The fourth-order valence-electron chi connectivity index (χ4n) is 8.54. The standard InChI is InChI=1S/C54H50N2O8/c57-51(49(33-37-19-5-3-6-20-37)55-53(59)63-35-47-43-27-13-9-23-39(43)40-24-10-14-28-44(40)47)61-31-17-1-2-18-32-62-52(58)50(34-38-21-7-4-8-22-38)56-54(60)64-36-48-45-29-15-11-25-41(45)42-26-12-16-30-46(42)48/h1-16,19-30,47-50H,17-18,31-36H2,(H,55,59)(H,56,60)/b2-1+/t49-,50-/m0/s1. The molecule has 2 amide bonds. The number of fused-ring (bicyclic) bond motifs is 6. The Morgan fingerprint density at radius 1 is 0.422 bits per heavy atom. The van der Waals surface area contributed by atoms with Crippen molar-refractivity contribution < 1.29 is 38.1 Å². The molecule has 0 unspecified atom stereocenters. The van der Waals surface area contributed by atoms with Crippen LogP contribution in [0.3, 0.4) is 0 Å². The smallest absolute Gasteiger partial charge is 0.407 e. The summed E-state index contributed by atoms with van der Waals surface area (Å²) in [6.45, 7) is 0.400. The molecule has 0 fully saturated rings. The second-order valence-corrected chi connectivity index (χ2v) is 15.8. The predicted octanol–water partition coefficient (Wildman–Crippen LogP) is 9.71. The van der Waals surface area contributed by atoms with Crippen LogP contribution in [0.15, 0.2) is 170 Å². The first kappa shape index (κ1) is 43.2. The topological polar surface area (TPSA) is 129 Å². The van der Waals surface area contributed by atoms with Gasteiger partial charge in [0, 0.05) is 24.7 Å². The van der Waals surface area contributed by atoms with Crippen molar-refractivity contribution in [1.82, 2.24) is 10.6 Å². The average molecular weight is 855 g/mol. The van der Waals surface area contributed by atoms with Gasteiger partial charge in [0.2, 0.25) is 0 Å². The minimum Gasteiger partial charge on any atom is -0.464 e. The number of carbonyl (C=O) groups excluding carboxylic acids is 4. The number of nitrogens with one attached hydrogen (secondary N) is 2. The number of hydrogen-bond acceptors (Lipinski definition) is 8. The summed E-state index contributed by atoms with van der Waals surface area (Å²) in [5.41, 5.74) is 10.6. The molecule has 0 aliphatic heterocycles. The third kappa shape index (κ3) is 10.6. The Labute approximate surface area is 373 Å². The minimum absolute atomic E-state index is 0.0794. The highest BCUT2D eigenvalue weighted by molar-refractivity contribution is 5.84. The summed E-state index contributed by atoms with van der Waals surface area (Å²) in [4.78, 5) is 53.0. The lowest BCUT2D eigenvalue weighted by atomic mass is 9.98. The Balaban J connectivity index is 0.791. The van der Waals surface area contributed by atoms with Gasteiger partial charge < -0.3 is 29.6 Å². The molecule has 0 heterocycles. The molecular weight excluding hydrogens is 805 g/mol. The molecule has 324 valence electrons. The molecule has 64 heavy (non-hydrogen) atoms. The van der Waals surface area contributed by atoms with Gasteiger partial charge in [-0.1, -0.05) is 170 Å². The summed E-state index contributed by atoms with van der Waals surface area (Å²) < 4.78 is 22.7. The monoisotopic (exact) mass is 854 g/mol. The van der Waals surface area contributed by atoms with E-state index in [-0.39, 0.29) is 51.1 Å². The first-order chi connectivity index (χ1) is 31.4. The van der Waals surface area contributed by atoms with Crippen molar-refractivity contribution in [1.29, 1.82) is 0 Å². The summed E-state index contributed by atoms with van der Waals surface area (Å²) in [6.07, 6.45) is 3.54. The van der Waals surface area contributed by atoms with E-state index in [9.17, 15) is 19.2 Å². The van der Waals surface area contributed by atoms with E-state index < -0.39 is 36.2 Å². The fourth-order valence-corrected chi connectivity index (χ4v) is 8.54. The molecule has 0 saturated heterocycles. The molecule has 0 bridgehead atoms. The van der Waals surface area contributed by atoms with E-state index in [4.69, 9.17) is 18.9 Å². The van der Waals surface area contributed by atoms with E-state index in [1.165, 1.54) is 0 Å². The number of amides is 2. The lowest BCUT2D eigenvalue weighted by Crippen LogP contribution is -2.44. The van der Waals surface area contributed by atoms with Crippen LogP contribution >= 0.6 is 0 Å². The highest BCUT2D eigenvalue weighted by Gasteiger charge is 2.32. The van der Waals surface area contributed by atoms with Crippen LogP contribution in [-0.4, -0.2) is 62.6 Å². The van der Waals surface area contributed by atoms with Crippen LogP contribution in [0.2, 0.25) is 0 Å². The Hall–Kier alpha value is -7.46. The number of esters is 2. The summed E-state index contributed by atoms with van der Waals surface area (Å²) in [6, 6.07) is 49.3. The highest BCUT2D eigenvalue weighted by atomic mass is 16.6. The Bertz CT molecular complexity index is 2320. The molecule has 2 aliphatic rings. The van der Waals surface area contributed by atoms with Gasteiger partial charge in [0.1, 0.15) is 25.3 Å². The summed E-state index contributed by atoms with van der Waals surface area (Å²) in [7, 11) is 0. The largest absolute Gasteiger partial charge is 0.464 e. The lowest BCUT2D eigenvalue weighted by molar-refractivity contribution is -0.146. The van der Waals surface area contributed by atoms with Crippen molar-refractivity contribution in [3.8, 4) is 22.3 Å². The van der Waals surface area contributed by atoms with Crippen LogP contribution in [0.4, 0.5) is 9.59 Å². The van der Waals surface area contributed by atoms with Crippen LogP contribution in [0, 0.1) is 0 Å². The second kappa shape index (κ2) is 21.1. The highest BCUT2D eigenvalue weighted by Crippen LogP contribution is 2.45. The first-order valence-corrected chi connectivity index (χ1v) is 21.7. The number of alkyl carbamates (subject to hydrolysis) is 2. The maximum atomic E-state index is 13.3. The number of carbonyl (C=O) groups is 4. The molecule has 0 aromatic heterocycles. The van der Waals surface area contributed by atoms with Crippen molar-refractivity contribution in [2.24, 2.45) is 0 Å². The van der Waals surface area contributed by atoms with E-state index in [2.05, 4.69) is 59.2 Å². The van der Waals surface area contributed by atoms with Crippen molar-refractivity contribution in [3.05, 3.63) is 203 Å². The molecule has 0 radical (unpaired) electrons. The number of rotatable bonds is 18. The Morgan fingerprint density at radius 2 is 0.734 bits per heavy atom. The molecule has 2 N–H and O–H groups in total. The zero-order valence-corrected chi connectivity index (χ0v) is 35.4. The lowest BCUT2D eigenvalue weighted by Gasteiger charge is -2.19. The van der Waals surface area contributed by atoms with Crippen LogP contribution < -0.4 is 10.6 Å². The van der Waals surface area contributed by atoms with Gasteiger partial charge in [0.25, 0.3) is 0 Å². The Morgan fingerprint density at radius 3 is 1.08 bits per heavy atom. The van der Waals surface area contributed by atoms with Crippen LogP contribution in [-0.2, 0) is 41.4 Å². The Kier molecular flexibility index (Phi) is 14.2. The fraction of sp³-hybridized carbons (Fsp3) is 0.222. The minimum atomic E-state index is -0.965. The van der Waals surface area contributed by atoms with Crippen molar-refractivity contribution >= 4 is 24.1 Å². The maximum Gasteiger partial charge on any atom is 0.407 e. The van der Waals surface area contributed by atoms with Crippen LogP contribution in [0.5, 0.6) is 0 Å². The SMILES string of the molecule is O=C(N[C@@H](Cc1ccccc1)C(=O)OCC/C=C/CCOC(=O)[C@H](Cc1ccccc1)NC(=O)OCC1c2ccccc2-c2ccccc21)OCC1c2ccccc2-c2ccccc21. The third-order valence-electron chi connectivity index (χ3n) is 11.6. The van der Waals surface area contributed by atoms with Crippen molar-refractivity contribution in [3.63, 3.8) is 0 Å². The van der Waals surface area contributed by atoms with E-state index >= 15 is 0 Å². The molecule has 10 nitrogen and oxygen atoms in total. The van der Waals surface area contributed by atoms with E-state index in [0.29, 0.717) is 12.8 Å². The molecule has 0 saturated carbocycles. The van der Waals surface area contributed by atoms with Crippen molar-refractivity contribution in [2.45, 2.75) is 49.6 Å². The number of benzene rings is 6. The van der Waals surface area contributed by atoms with Crippen LogP contribution in [0.25, 0.3) is 22.3 Å². The zero-order chi connectivity index (χ0) is 44.1. The molecular formula is C54H50N2O8. The molecule has 6 aromatic carbocycles. The van der Waals surface area contributed by atoms with Gasteiger partial charge in [0.05, 0.1) is 13.2 Å².